The minimum atomic E-state index is -4.56. The van der Waals surface area contributed by atoms with E-state index in [9.17, 15) is 17.2 Å². The molecule has 2 aromatic carbocycles. The number of nitrogens with zero attached hydrogens (tertiary/aromatic N) is 2. The molecular formula is C16H12F2N2O2S4. The van der Waals surface area contributed by atoms with Gasteiger partial charge in [0.2, 0.25) is 9.84 Å². The van der Waals surface area contributed by atoms with Crippen molar-refractivity contribution in [2.45, 2.75) is 20.7 Å². The molecule has 1 heterocycles. The first-order chi connectivity index (χ1) is 12.4. The summed E-state index contributed by atoms with van der Waals surface area (Å²) in [4.78, 5) is -0.384. The van der Waals surface area contributed by atoms with Crippen LogP contribution in [0.25, 0.3) is 5.69 Å². The molecule has 0 bridgehead atoms. The molecule has 0 N–H and O–H groups in total. The number of rotatable bonds is 6. The van der Waals surface area contributed by atoms with Crippen LogP contribution in [0.3, 0.4) is 0 Å². The lowest BCUT2D eigenvalue weighted by Gasteiger charge is -2.04. The summed E-state index contributed by atoms with van der Waals surface area (Å²) in [6.45, 7) is 0. The summed E-state index contributed by atoms with van der Waals surface area (Å²) < 4.78 is 51.0. The average Bonchev–Trinajstić information content (AvgIpc) is 3.01. The van der Waals surface area contributed by atoms with Crippen molar-refractivity contribution in [3.8, 4) is 5.69 Å². The van der Waals surface area contributed by atoms with Crippen molar-refractivity contribution in [1.29, 1.82) is 0 Å². The van der Waals surface area contributed by atoms with Crippen LogP contribution >= 0.6 is 35.3 Å². The van der Waals surface area contributed by atoms with Crippen LogP contribution in [0.2, 0.25) is 0 Å². The van der Waals surface area contributed by atoms with Gasteiger partial charge in [-0.15, -0.1) is 5.10 Å². The molecule has 0 atom stereocenters. The number of para-hydroxylation sites is 1. The van der Waals surface area contributed by atoms with Crippen LogP contribution < -0.4 is 0 Å². The second kappa shape index (κ2) is 7.95. The Morgan fingerprint density at radius 3 is 2.38 bits per heavy atom. The number of aromatic nitrogens is 2. The molecule has 0 aliphatic rings. The summed E-state index contributed by atoms with van der Waals surface area (Å²) in [6, 6.07) is 15.0. The highest BCUT2D eigenvalue weighted by molar-refractivity contribution is 8.00. The van der Waals surface area contributed by atoms with Gasteiger partial charge in [0.15, 0.2) is 8.29 Å². The van der Waals surface area contributed by atoms with E-state index in [0.29, 0.717) is 9.71 Å². The highest BCUT2D eigenvalue weighted by Crippen LogP contribution is 2.28. The largest absolute Gasteiger partial charge is 0.341 e. The summed E-state index contributed by atoms with van der Waals surface area (Å²) in [5.41, 5.74) is 1.68. The van der Waals surface area contributed by atoms with E-state index in [-0.39, 0.29) is 4.90 Å². The van der Waals surface area contributed by atoms with E-state index >= 15 is 0 Å². The third kappa shape index (κ3) is 4.20. The summed E-state index contributed by atoms with van der Waals surface area (Å²) in [6.07, 6.45) is 0. The quantitative estimate of drug-likeness (QED) is 0.409. The van der Waals surface area contributed by atoms with Crippen molar-refractivity contribution in [2.24, 2.45) is 0 Å². The molecule has 10 heteroatoms. The Labute approximate surface area is 162 Å². The summed E-state index contributed by atoms with van der Waals surface area (Å²) >= 11 is 8.16. The fourth-order valence-electron chi connectivity index (χ4n) is 2.07. The fraction of sp³-hybridized carbons (Fsp3) is 0.125. The number of benzene rings is 2. The third-order valence-corrected chi connectivity index (χ3v) is 7.21. The van der Waals surface area contributed by atoms with Crippen LogP contribution in [0.5, 0.6) is 0 Å². The van der Waals surface area contributed by atoms with Gasteiger partial charge in [0.1, 0.15) is 0 Å². The lowest BCUT2D eigenvalue weighted by Crippen LogP contribution is -2.11. The maximum Gasteiger partial charge on any atom is 0.341 e. The minimum Gasteiger partial charge on any atom is -0.218 e. The molecule has 1 aromatic heterocycles. The monoisotopic (exact) mass is 430 g/mol. The Balaban J connectivity index is 1.71. The zero-order chi connectivity index (χ0) is 18.7. The van der Waals surface area contributed by atoms with E-state index in [1.807, 2.05) is 30.3 Å². The van der Waals surface area contributed by atoms with E-state index in [1.54, 1.807) is 4.68 Å². The number of sulfone groups is 1. The number of alkyl halides is 2. The van der Waals surface area contributed by atoms with Crippen LogP contribution in [0.1, 0.15) is 5.56 Å². The highest BCUT2D eigenvalue weighted by atomic mass is 32.2. The molecule has 0 saturated carbocycles. The second-order valence-corrected chi connectivity index (χ2v) is 9.88. The zero-order valence-electron chi connectivity index (χ0n) is 13.1. The second-order valence-electron chi connectivity index (χ2n) is 5.12. The summed E-state index contributed by atoms with van der Waals surface area (Å²) in [5.74, 6) is -2.90. The number of thioether (sulfide) groups is 1. The predicted octanol–water partition coefficient (Wildman–Crippen LogP) is 4.95. The molecule has 4 nitrogen and oxygen atoms in total. The maximum atomic E-state index is 12.5. The van der Waals surface area contributed by atoms with Gasteiger partial charge in [-0.2, -0.15) is 8.78 Å². The van der Waals surface area contributed by atoms with Crippen molar-refractivity contribution in [1.82, 2.24) is 9.78 Å². The minimum absolute atomic E-state index is 0.384. The van der Waals surface area contributed by atoms with E-state index < -0.39 is 15.6 Å². The van der Waals surface area contributed by atoms with Gasteiger partial charge >= 0.3 is 5.76 Å². The zero-order valence-corrected chi connectivity index (χ0v) is 16.3. The first kappa shape index (κ1) is 19.2. The lowest BCUT2D eigenvalue weighted by molar-refractivity contribution is 0.234. The molecule has 26 heavy (non-hydrogen) atoms. The van der Waals surface area contributed by atoms with Gasteiger partial charge in [-0.05, 0) is 42.0 Å². The average molecular weight is 431 g/mol. The summed E-state index contributed by atoms with van der Waals surface area (Å²) in [7, 11) is -4.56. The van der Waals surface area contributed by atoms with Crippen molar-refractivity contribution in [3.05, 3.63) is 64.1 Å². The van der Waals surface area contributed by atoms with Gasteiger partial charge in [0.05, 0.1) is 10.6 Å². The van der Waals surface area contributed by atoms with E-state index in [0.717, 1.165) is 15.6 Å². The molecule has 0 saturated heterocycles. The standard InChI is InChI=1S/C16H12F2N2O2S4/c17-14(18)26(21,22)13-8-6-11(7-9-13)10-24-15-19-20(16(23)25-15)12-4-2-1-3-5-12/h1-9,14H,10H2. The van der Waals surface area contributed by atoms with Gasteiger partial charge in [0, 0.05) is 5.75 Å². The predicted molar refractivity (Wildman–Crippen MR) is 101 cm³/mol. The number of hydrogen-bond acceptors (Lipinski definition) is 6. The number of hydrogen-bond donors (Lipinski definition) is 0. The molecular weight excluding hydrogens is 418 g/mol. The van der Waals surface area contributed by atoms with Gasteiger partial charge in [-0.1, -0.05) is 53.4 Å². The topological polar surface area (TPSA) is 52.0 Å². The Bertz CT molecular complexity index is 1050. The van der Waals surface area contributed by atoms with E-state index in [2.05, 4.69) is 5.10 Å². The van der Waals surface area contributed by atoms with Gasteiger partial charge < -0.3 is 0 Å². The van der Waals surface area contributed by atoms with Crippen molar-refractivity contribution < 1.29 is 17.2 Å². The van der Waals surface area contributed by atoms with Crippen LogP contribution in [0, 0.1) is 3.95 Å². The van der Waals surface area contributed by atoms with Crippen LogP contribution in [-0.2, 0) is 15.6 Å². The van der Waals surface area contributed by atoms with Crippen molar-refractivity contribution in [3.63, 3.8) is 0 Å². The Kier molecular flexibility index (Phi) is 5.86. The molecule has 3 aromatic rings. The van der Waals surface area contributed by atoms with Crippen molar-refractivity contribution >= 4 is 45.2 Å². The SMILES string of the molecule is O=S(=O)(c1ccc(CSc2nn(-c3ccccc3)c(=S)s2)cc1)C(F)F. The Morgan fingerprint density at radius 1 is 1.12 bits per heavy atom. The van der Waals surface area contributed by atoms with Crippen LogP contribution in [0.15, 0.2) is 63.8 Å². The molecule has 0 amide bonds. The number of halogens is 2. The molecule has 0 radical (unpaired) electrons. The maximum absolute atomic E-state index is 12.5. The Morgan fingerprint density at radius 2 is 1.77 bits per heavy atom. The third-order valence-electron chi connectivity index (χ3n) is 3.38. The van der Waals surface area contributed by atoms with Crippen LogP contribution in [-0.4, -0.2) is 24.0 Å². The van der Waals surface area contributed by atoms with Crippen LogP contribution in [0.4, 0.5) is 8.78 Å². The fourth-order valence-corrected chi connectivity index (χ4v) is 5.11. The molecule has 0 aliphatic carbocycles. The normalized spacial score (nSPS) is 11.8. The molecule has 0 fully saturated rings. The lowest BCUT2D eigenvalue weighted by atomic mass is 10.2. The molecule has 0 aliphatic heterocycles. The van der Waals surface area contributed by atoms with Crippen molar-refractivity contribution in [2.75, 3.05) is 0 Å². The van der Waals surface area contributed by atoms with E-state index in [1.165, 1.54) is 47.4 Å². The molecule has 0 spiro atoms. The highest BCUT2D eigenvalue weighted by Gasteiger charge is 2.26. The van der Waals surface area contributed by atoms with Gasteiger partial charge in [-0.25, -0.2) is 13.1 Å². The molecule has 136 valence electrons. The Hall–Kier alpha value is -1.62. The van der Waals surface area contributed by atoms with Gasteiger partial charge in [-0.3, -0.25) is 0 Å². The van der Waals surface area contributed by atoms with E-state index in [4.69, 9.17) is 12.2 Å². The van der Waals surface area contributed by atoms with Gasteiger partial charge in [0.25, 0.3) is 0 Å². The first-order valence-corrected chi connectivity index (χ1v) is 11.0. The first-order valence-electron chi connectivity index (χ1n) is 7.27. The molecule has 3 rings (SSSR count). The molecule has 0 unspecified atom stereocenters. The summed E-state index contributed by atoms with van der Waals surface area (Å²) in [5, 5.41) is 4.47. The smallest absolute Gasteiger partial charge is 0.218 e.